The summed E-state index contributed by atoms with van der Waals surface area (Å²) in [6.07, 6.45) is 7.81. The van der Waals surface area contributed by atoms with Crippen molar-refractivity contribution in [1.29, 1.82) is 0 Å². The van der Waals surface area contributed by atoms with Gasteiger partial charge in [-0.1, -0.05) is 6.42 Å². The third kappa shape index (κ3) is 2.25. The van der Waals surface area contributed by atoms with E-state index in [1.807, 2.05) is 0 Å². The van der Waals surface area contributed by atoms with Crippen LogP contribution in [-0.4, -0.2) is 38.5 Å². The summed E-state index contributed by atoms with van der Waals surface area (Å²) < 4.78 is 11.6. The van der Waals surface area contributed by atoms with Crippen molar-refractivity contribution in [2.45, 2.75) is 50.2 Å². The summed E-state index contributed by atoms with van der Waals surface area (Å²) in [5, 5.41) is 3.58. The zero-order valence-corrected chi connectivity index (χ0v) is 10.9. The van der Waals surface area contributed by atoms with Crippen LogP contribution in [0.4, 0.5) is 0 Å². The molecule has 2 aliphatic heterocycles. The van der Waals surface area contributed by atoms with Gasteiger partial charge in [-0.3, -0.25) is 0 Å². The van der Waals surface area contributed by atoms with Crippen molar-refractivity contribution in [3.05, 3.63) is 0 Å². The van der Waals surface area contributed by atoms with E-state index in [4.69, 9.17) is 9.47 Å². The predicted octanol–water partition coefficient (Wildman–Crippen LogP) is 1.96. The third-order valence-corrected chi connectivity index (χ3v) is 5.10. The van der Waals surface area contributed by atoms with Gasteiger partial charge in [-0.2, -0.15) is 0 Å². The molecule has 3 rings (SSSR count). The van der Waals surface area contributed by atoms with Crippen LogP contribution in [-0.2, 0) is 9.47 Å². The molecule has 0 radical (unpaired) electrons. The van der Waals surface area contributed by atoms with E-state index in [1.54, 1.807) is 0 Å². The Kier molecular flexibility index (Phi) is 3.42. The lowest BCUT2D eigenvalue weighted by atomic mass is 9.70. The van der Waals surface area contributed by atoms with Gasteiger partial charge >= 0.3 is 0 Å². The lowest BCUT2D eigenvalue weighted by Gasteiger charge is -2.44. The van der Waals surface area contributed by atoms with Crippen LogP contribution < -0.4 is 5.32 Å². The van der Waals surface area contributed by atoms with Crippen molar-refractivity contribution in [1.82, 2.24) is 5.32 Å². The first-order valence-electron chi connectivity index (χ1n) is 7.22. The molecule has 1 saturated carbocycles. The summed E-state index contributed by atoms with van der Waals surface area (Å²) in [4.78, 5) is 0. The quantitative estimate of drug-likeness (QED) is 0.816. The van der Waals surface area contributed by atoms with Gasteiger partial charge in [0.1, 0.15) is 0 Å². The van der Waals surface area contributed by atoms with Gasteiger partial charge in [0.2, 0.25) is 0 Å². The van der Waals surface area contributed by atoms with Crippen LogP contribution in [0.1, 0.15) is 38.5 Å². The van der Waals surface area contributed by atoms with Gasteiger partial charge in [0, 0.05) is 25.7 Å². The molecule has 3 unspecified atom stereocenters. The maximum absolute atomic E-state index is 6.03. The Hall–Kier alpha value is -0.120. The molecule has 1 spiro atoms. The highest BCUT2D eigenvalue weighted by Gasteiger charge is 2.44. The molecule has 3 fully saturated rings. The van der Waals surface area contributed by atoms with Gasteiger partial charge in [0.15, 0.2) is 0 Å². The van der Waals surface area contributed by atoms with Crippen LogP contribution in [0.25, 0.3) is 0 Å². The van der Waals surface area contributed by atoms with Crippen LogP contribution in [0.5, 0.6) is 0 Å². The molecule has 1 aliphatic carbocycles. The number of rotatable bonds is 3. The summed E-state index contributed by atoms with van der Waals surface area (Å²) in [7, 11) is 2.14. The third-order valence-electron chi connectivity index (χ3n) is 5.10. The SMILES string of the molecule is CNC(C1CCC1)C1CCOC2(CCOC2)C1. The fourth-order valence-electron chi connectivity index (χ4n) is 3.89. The molecule has 3 aliphatic rings. The van der Waals surface area contributed by atoms with Gasteiger partial charge < -0.3 is 14.8 Å². The van der Waals surface area contributed by atoms with E-state index in [2.05, 4.69) is 12.4 Å². The van der Waals surface area contributed by atoms with E-state index in [0.29, 0.717) is 6.04 Å². The second kappa shape index (κ2) is 4.87. The molecular formula is C14H25NO2. The van der Waals surface area contributed by atoms with Crippen molar-refractivity contribution in [3.63, 3.8) is 0 Å². The van der Waals surface area contributed by atoms with E-state index < -0.39 is 0 Å². The molecule has 3 nitrogen and oxygen atoms in total. The van der Waals surface area contributed by atoms with E-state index in [9.17, 15) is 0 Å². The second-order valence-electron chi connectivity index (χ2n) is 6.09. The standard InChI is InChI=1S/C14H25NO2/c1-15-13(11-3-2-4-11)12-5-7-17-14(9-12)6-8-16-10-14/h11-13,15H,2-10H2,1H3. The Morgan fingerprint density at radius 2 is 2.06 bits per heavy atom. The smallest absolute Gasteiger partial charge is 0.0939 e. The predicted molar refractivity (Wildman–Crippen MR) is 67.0 cm³/mol. The number of hydrogen-bond acceptors (Lipinski definition) is 3. The lowest BCUT2D eigenvalue weighted by Crippen LogP contribution is -2.50. The number of nitrogens with one attached hydrogen (secondary N) is 1. The summed E-state index contributed by atoms with van der Waals surface area (Å²) in [5.41, 5.74) is 0.0712. The van der Waals surface area contributed by atoms with Gasteiger partial charge in [-0.25, -0.2) is 0 Å². The van der Waals surface area contributed by atoms with Crippen molar-refractivity contribution >= 4 is 0 Å². The van der Waals surface area contributed by atoms with Crippen LogP contribution in [0, 0.1) is 11.8 Å². The molecule has 3 atom stereocenters. The molecule has 2 heterocycles. The normalized spacial score (nSPS) is 40.4. The minimum absolute atomic E-state index is 0.0712. The minimum atomic E-state index is 0.0712. The largest absolute Gasteiger partial charge is 0.378 e. The zero-order valence-electron chi connectivity index (χ0n) is 10.9. The van der Waals surface area contributed by atoms with Gasteiger partial charge in [-0.15, -0.1) is 0 Å². The average molecular weight is 239 g/mol. The minimum Gasteiger partial charge on any atom is -0.378 e. The van der Waals surface area contributed by atoms with Crippen LogP contribution in [0.2, 0.25) is 0 Å². The Labute approximate surface area is 104 Å². The van der Waals surface area contributed by atoms with Crippen molar-refractivity contribution in [2.75, 3.05) is 26.9 Å². The maximum Gasteiger partial charge on any atom is 0.0939 e. The summed E-state index contributed by atoms with van der Waals surface area (Å²) in [6, 6.07) is 0.713. The molecule has 0 aromatic carbocycles. The monoisotopic (exact) mass is 239 g/mol. The molecule has 0 bridgehead atoms. The van der Waals surface area contributed by atoms with E-state index in [0.717, 1.165) is 38.1 Å². The van der Waals surface area contributed by atoms with E-state index in [1.165, 1.54) is 32.1 Å². The molecule has 1 N–H and O–H groups in total. The fraction of sp³-hybridized carbons (Fsp3) is 1.00. The summed E-state index contributed by atoms with van der Waals surface area (Å²) in [5.74, 6) is 1.71. The number of hydrogen-bond donors (Lipinski definition) is 1. The molecular weight excluding hydrogens is 214 g/mol. The first-order chi connectivity index (χ1) is 8.33. The lowest BCUT2D eigenvalue weighted by molar-refractivity contribution is -0.107. The highest BCUT2D eigenvalue weighted by molar-refractivity contribution is 4.96. The van der Waals surface area contributed by atoms with Crippen LogP contribution in [0.15, 0.2) is 0 Å². The highest BCUT2D eigenvalue weighted by atomic mass is 16.6. The van der Waals surface area contributed by atoms with Gasteiger partial charge in [0.05, 0.1) is 12.2 Å². The molecule has 0 amide bonds. The Morgan fingerprint density at radius 1 is 1.18 bits per heavy atom. The van der Waals surface area contributed by atoms with Crippen molar-refractivity contribution in [2.24, 2.45) is 11.8 Å². The molecule has 0 aromatic rings. The van der Waals surface area contributed by atoms with E-state index >= 15 is 0 Å². The van der Waals surface area contributed by atoms with Gasteiger partial charge in [-0.05, 0) is 44.6 Å². The molecule has 0 aromatic heterocycles. The first kappa shape index (κ1) is 11.9. The highest BCUT2D eigenvalue weighted by Crippen LogP contribution is 2.41. The van der Waals surface area contributed by atoms with Crippen molar-refractivity contribution in [3.8, 4) is 0 Å². The van der Waals surface area contributed by atoms with Crippen LogP contribution in [0.3, 0.4) is 0 Å². The maximum atomic E-state index is 6.03. The summed E-state index contributed by atoms with van der Waals surface area (Å²) >= 11 is 0. The summed E-state index contributed by atoms with van der Waals surface area (Å²) in [6.45, 7) is 2.64. The topological polar surface area (TPSA) is 30.5 Å². The molecule has 17 heavy (non-hydrogen) atoms. The molecule has 3 heteroatoms. The van der Waals surface area contributed by atoms with Crippen molar-refractivity contribution < 1.29 is 9.47 Å². The van der Waals surface area contributed by atoms with Crippen LogP contribution >= 0.6 is 0 Å². The second-order valence-corrected chi connectivity index (χ2v) is 6.09. The Bertz CT molecular complexity index is 259. The Balaban J connectivity index is 1.65. The molecule has 2 saturated heterocycles. The van der Waals surface area contributed by atoms with E-state index in [-0.39, 0.29) is 5.60 Å². The zero-order chi connectivity index (χ0) is 11.7. The van der Waals surface area contributed by atoms with Gasteiger partial charge in [0.25, 0.3) is 0 Å². The Morgan fingerprint density at radius 3 is 2.65 bits per heavy atom. The molecule has 98 valence electrons. The average Bonchev–Trinajstić information content (AvgIpc) is 2.71. The first-order valence-corrected chi connectivity index (χ1v) is 7.22. The fourth-order valence-corrected chi connectivity index (χ4v) is 3.89. The number of ether oxygens (including phenoxy) is 2.